The maximum atomic E-state index is 12.4. The van der Waals surface area contributed by atoms with Crippen molar-refractivity contribution in [2.24, 2.45) is 5.10 Å². The van der Waals surface area contributed by atoms with Gasteiger partial charge in [-0.25, -0.2) is 5.43 Å². The lowest BCUT2D eigenvalue weighted by molar-refractivity contribution is 0.0929. The van der Waals surface area contributed by atoms with E-state index in [0.717, 1.165) is 14.3 Å². The van der Waals surface area contributed by atoms with E-state index in [4.69, 9.17) is 18.6 Å². The van der Waals surface area contributed by atoms with Crippen LogP contribution in [0.2, 0.25) is 0 Å². The zero-order chi connectivity index (χ0) is 19.7. The molecule has 0 aliphatic carbocycles. The van der Waals surface area contributed by atoms with Crippen molar-refractivity contribution in [3.8, 4) is 17.2 Å². The van der Waals surface area contributed by atoms with Gasteiger partial charge >= 0.3 is 5.91 Å². The minimum absolute atomic E-state index is 0.154. The molecule has 0 saturated carbocycles. The highest BCUT2D eigenvalue weighted by molar-refractivity contribution is 9.11. The normalized spacial score (nSPS) is 12.7. The van der Waals surface area contributed by atoms with E-state index in [9.17, 15) is 4.79 Å². The third kappa shape index (κ3) is 3.72. The van der Waals surface area contributed by atoms with E-state index in [-0.39, 0.29) is 12.6 Å². The van der Waals surface area contributed by atoms with Crippen molar-refractivity contribution in [2.45, 2.75) is 6.92 Å². The maximum absolute atomic E-state index is 12.4. The highest BCUT2D eigenvalue weighted by Gasteiger charge is 2.18. The van der Waals surface area contributed by atoms with Gasteiger partial charge in [-0.1, -0.05) is 15.9 Å². The van der Waals surface area contributed by atoms with Crippen molar-refractivity contribution in [1.29, 1.82) is 0 Å². The number of rotatable bonds is 5. The summed E-state index contributed by atoms with van der Waals surface area (Å²) in [4.78, 5) is 12.4. The number of nitrogens with one attached hydrogen (secondary N) is 1. The van der Waals surface area contributed by atoms with Gasteiger partial charge in [-0.3, -0.25) is 4.79 Å². The number of carbonyl (C=O) groups is 1. The van der Waals surface area contributed by atoms with E-state index in [1.807, 2.05) is 19.1 Å². The number of hydrazone groups is 1. The van der Waals surface area contributed by atoms with Crippen LogP contribution in [0.15, 0.2) is 48.8 Å². The Kier molecular flexibility index (Phi) is 5.27. The van der Waals surface area contributed by atoms with Crippen LogP contribution in [0.1, 0.15) is 23.0 Å². The first-order valence-corrected chi connectivity index (χ1v) is 9.92. The van der Waals surface area contributed by atoms with Crippen molar-refractivity contribution < 1.29 is 23.4 Å². The summed E-state index contributed by atoms with van der Waals surface area (Å²) in [5.41, 5.74) is 3.71. The Labute approximate surface area is 176 Å². The number of ether oxygens (including phenoxy) is 3. The molecule has 0 unspecified atom stereocenters. The van der Waals surface area contributed by atoms with Crippen molar-refractivity contribution in [3.05, 3.63) is 50.6 Å². The van der Waals surface area contributed by atoms with Crippen LogP contribution in [0.5, 0.6) is 17.2 Å². The number of halogens is 2. The van der Waals surface area contributed by atoms with Crippen molar-refractivity contribution in [2.75, 3.05) is 13.4 Å². The molecule has 1 aliphatic rings. The molecule has 9 heteroatoms. The highest BCUT2D eigenvalue weighted by atomic mass is 79.9. The van der Waals surface area contributed by atoms with E-state index in [1.165, 1.54) is 6.21 Å². The zero-order valence-electron chi connectivity index (χ0n) is 14.6. The molecule has 0 saturated heterocycles. The van der Waals surface area contributed by atoms with Gasteiger partial charge in [0, 0.05) is 21.5 Å². The van der Waals surface area contributed by atoms with Crippen LogP contribution < -0.4 is 19.6 Å². The molecule has 1 N–H and O–H groups in total. The first-order valence-electron chi connectivity index (χ1n) is 8.33. The fraction of sp³-hybridized carbons (Fsp3) is 0.158. The second kappa shape index (κ2) is 7.84. The van der Waals surface area contributed by atoms with Crippen LogP contribution in [0.3, 0.4) is 0 Å². The summed E-state index contributed by atoms with van der Waals surface area (Å²) < 4.78 is 23.6. The van der Waals surface area contributed by atoms with E-state index >= 15 is 0 Å². The molecule has 7 nitrogen and oxygen atoms in total. The minimum atomic E-state index is -0.464. The topological polar surface area (TPSA) is 82.3 Å². The van der Waals surface area contributed by atoms with Gasteiger partial charge < -0.3 is 18.6 Å². The lowest BCUT2D eigenvalue weighted by Gasteiger charge is -2.08. The molecule has 3 aromatic rings. The Balaban J connectivity index is 1.53. The van der Waals surface area contributed by atoms with Gasteiger partial charge in [0.25, 0.3) is 0 Å². The lowest BCUT2D eigenvalue weighted by atomic mass is 10.2. The fourth-order valence-electron chi connectivity index (χ4n) is 2.72. The number of hydrogen-bond acceptors (Lipinski definition) is 6. The van der Waals surface area contributed by atoms with Gasteiger partial charge in [-0.15, -0.1) is 0 Å². The van der Waals surface area contributed by atoms with E-state index in [0.29, 0.717) is 35.0 Å². The molecular formula is C19H14Br2N2O5. The number of carbonyl (C=O) groups excluding carboxylic acids is 1. The summed E-state index contributed by atoms with van der Waals surface area (Å²) in [6, 6.07) is 8.86. The summed E-state index contributed by atoms with van der Waals surface area (Å²) in [6.45, 7) is 2.53. The molecule has 0 atom stereocenters. The molecule has 4 rings (SSSR count). The zero-order valence-corrected chi connectivity index (χ0v) is 17.8. The summed E-state index contributed by atoms with van der Waals surface area (Å²) in [5.74, 6) is 1.49. The molecule has 0 radical (unpaired) electrons. The van der Waals surface area contributed by atoms with Crippen molar-refractivity contribution in [1.82, 2.24) is 5.43 Å². The van der Waals surface area contributed by atoms with E-state index < -0.39 is 5.91 Å². The molecule has 2 aromatic carbocycles. The Morgan fingerprint density at radius 2 is 2.00 bits per heavy atom. The Morgan fingerprint density at radius 3 is 2.79 bits per heavy atom. The van der Waals surface area contributed by atoms with Gasteiger partial charge in [0.1, 0.15) is 11.3 Å². The number of amides is 1. The van der Waals surface area contributed by atoms with Crippen LogP contribution in [0.25, 0.3) is 11.0 Å². The lowest BCUT2D eigenvalue weighted by Crippen LogP contribution is -2.16. The van der Waals surface area contributed by atoms with Crippen LogP contribution >= 0.6 is 31.9 Å². The maximum Gasteiger partial charge on any atom is 0.307 e. The fourth-order valence-corrected chi connectivity index (χ4v) is 4.06. The molecule has 1 amide bonds. The van der Waals surface area contributed by atoms with Gasteiger partial charge in [0.15, 0.2) is 17.3 Å². The smallest absolute Gasteiger partial charge is 0.307 e. The Hall–Kier alpha value is -2.52. The molecule has 1 aliphatic heterocycles. The van der Waals surface area contributed by atoms with Crippen molar-refractivity contribution >= 4 is 55.0 Å². The second-order valence-corrected chi connectivity index (χ2v) is 7.56. The third-order valence-electron chi connectivity index (χ3n) is 3.93. The van der Waals surface area contributed by atoms with E-state index in [1.54, 1.807) is 18.2 Å². The third-order valence-corrected chi connectivity index (χ3v) is 4.98. The number of fused-ring (bicyclic) bond motifs is 2. The number of hydrogen-bond donors (Lipinski definition) is 1. The molecular weight excluding hydrogens is 496 g/mol. The standard InChI is InChI=1S/C19H14Br2N2O5/c1-2-25-14-7-16-15(26-9-27-16)5-11(14)8-22-23-19(24)17-4-10-3-12(20)6-13(21)18(10)28-17/h3-8H,2,9H2,1H3,(H,23,24)/b22-8+. The predicted octanol–water partition coefficient (Wildman–Crippen LogP) is 4.85. The molecule has 28 heavy (non-hydrogen) atoms. The predicted molar refractivity (Wildman–Crippen MR) is 110 cm³/mol. The summed E-state index contributed by atoms with van der Waals surface area (Å²) in [7, 11) is 0. The molecule has 0 fully saturated rings. The molecule has 0 bridgehead atoms. The highest BCUT2D eigenvalue weighted by Crippen LogP contribution is 2.37. The van der Waals surface area contributed by atoms with Gasteiger partial charge in [-0.05, 0) is 47.1 Å². The van der Waals surface area contributed by atoms with Gasteiger partial charge in [-0.2, -0.15) is 5.10 Å². The molecule has 0 spiro atoms. The molecule has 144 valence electrons. The number of nitrogens with zero attached hydrogens (tertiary/aromatic N) is 1. The van der Waals surface area contributed by atoms with Gasteiger partial charge in [0.05, 0.1) is 17.3 Å². The second-order valence-electron chi connectivity index (χ2n) is 5.79. The van der Waals surface area contributed by atoms with Crippen molar-refractivity contribution in [3.63, 3.8) is 0 Å². The van der Waals surface area contributed by atoms with Crippen LogP contribution in [-0.4, -0.2) is 25.5 Å². The molecule has 1 aromatic heterocycles. The minimum Gasteiger partial charge on any atom is -0.493 e. The SMILES string of the molecule is CCOc1cc2c(cc1/C=N/NC(=O)c1cc3cc(Br)cc(Br)c3o1)OCO2. The van der Waals surface area contributed by atoms with Crippen LogP contribution in [0, 0.1) is 0 Å². The average Bonchev–Trinajstić information content (AvgIpc) is 3.28. The summed E-state index contributed by atoms with van der Waals surface area (Å²) in [6.07, 6.45) is 1.49. The van der Waals surface area contributed by atoms with Crippen LogP contribution in [0.4, 0.5) is 0 Å². The number of furan rings is 1. The van der Waals surface area contributed by atoms with E-state index in [2.05, 4.69) is 42.4 Å². The largest absolute Gasteiger partial charge is 0.493 e. The summed E-state index contributed by atoms with van der Waals surface area (Å²) >= 11 is 6.83. The Bertz CT molecular complexity index is 1090. The number of benzene rings is 2. The average molecular weight is 510 g/mol. The first-order chi connectivity index (χ1) is 13.5. The first kappa shape index (κ1) is 18.8. The molecule has 2 heterocycles. The monoisotopic (exact) mass is 508 g/mol. The van der Waals surface area contributed by atoms with Crippen LogP contribution in [-0.2, 0) is 0 Å². The Morgan fingerprint density at radius 1 is 1.21 bits per heavy atom. The quantitative estimate of drug-likeness (QED) is 0.392. The van der Waals surface area contributed by atoms with Gasteiger partial charge in [0.2, 0.25) is 6.79 Å². The summed E-state index contributed by atoms with van der Waals surface area (Å²) in [5, 5.41) is 4.81.